The molecule has 0 fully saturated rings. The van der Waals surface area contributed by atoms with Crippen LogP contribution in [0.3, 0.4) is 0 Å². The summed E-state index contributed by atoms with van der Waals surface area (Å²) in [6.45, 7) is 0. The minimum absolute atomic E-state index is 0.151. The highest BCUT2D eigenvalue weighted by Crippen LogP contribution is 2.17. The Labute approximate surface area is 206 Å². The molecule has 6 rings (SSSR count). The first-order valence-corrected chi connectivity index (χ1v) is 12.4. The molecule has 0 unspecified atom stereocenters. The van der Waals surface area contributed by atoms with Gasteiger partial charge in [0.05, 0.1) is 27.7 Å². The molecule has 0 aliphatic carbocycles. The molecule has 0 radical (unpaired) electrons. The van der Waals surface area contributed by atoms with E-state index in [1.165, 1.54) is 24.3 Å². The van der Waals surface area contributed by atoms with Crippen molar-refractivity contribution in [3.8, 4) is 0 Å². The highest BCUT2D eigenvalue weighted by atomic mass is 35.5. The molecule has 8 bridgehead atoms. The van der Waals surface area contributed by atoms with Crippen molar-refractivity contribution in [3.05, 3.63) is 101 Å². The normalized spacial score (nSPS) is 12.3. The zero-order chi connectivity index (χ0) is 24.4. The zero-order valence-electron chi connectivity index (χ0n) is 18.2. The lowest BCUT2D eigenvalue weighted by Crippen LogP contribution is -1.96. The smallest absolute Gasteiger partial charge is 0.294 e. The van der Waals surface area contributed by atoms with Crippen LogP contribution >= 0.6 is 11.6 Å². The minimum atomic E-state index is -4.08. The lowest BCUT2D eigenvalue weighted by Gasteiger charge is -1.94. The molecular formula is C26H19ClN4O3S. The van der Waals surface area contributed by atoms with Crippen LogP contribution < -0.4 is 0 Å². The highest BCUT2D eigenvalue weighted by molar-refractivity contribution is 7.85. The predicted molar refractivity (Wildman–Crippen MR) is 140 cm³/mol. The van der Waals surface area contributed by atoms with E-state index >= 15 is 0 Å². The van der Waals surface area contributed by atoms with Crippen molar-refractivity contribution in [1.82, 2.24) is 19.9 Å². The Morgan fingerprint density at radius 2 is 1.00 bits per heavy atom. The number of hydrogen-bond donors (Lipinski definition) is 3. The molecule has 1 aromatic carbocycles. The van der Waals surface area contributed by atoms with E-state index in [-0.39, 0.29) is 4.90 Å². The van der Waals surface area contributed by atoms with Gasteiger partial charge in [-0.15, -0.1) is 0 Å². The summed E-state index contributed by atoms with van der Waals surface area (Å²) in [4.78, 5) is 15.9. The summed E-state index contributed by atoms with van der Waals surface area (Å²) < 4.78 is 29.4. The molecule has 35 heavy (non-hydrogen) atoms. The Hall–Kier alpha value is -3.98. The summed E-state index contributed by atoms with van der Waals surface area (Å²) in [6, 6.07) is 21.7. The van der Waals surface area contributed by atoms with E-state index in [9.17, 15) is 8.42 Å². The van der Waals surface area contributed by atoms with Gasteiger partial charge in [-0.2, -0.15) is 8.42 Å². The van der Waals surface area contributed by atoms with Gasteiger partial charge in [0, 0.05) is 27.1 Å². The maximum atomic E-state index is 10.5. The molecule has 0 saturated carbocycles. The molecule has 0 saturated heterocycles. The Balaban J connectivity index is 0.000000195. The maximum absolute atomic E-state index is 10.5. The van der Waals surface area contributed by atoms with Gasteiger partial charge in [-0.25, -0.2) is 9.97 Å². The second kappa shape index (κ2) is 9.34. The van der Waals surface area contributed by atoms with Crippen LogP contribution in [0.5, 0.6) is 0 Å². The van der Waals surface area contributed by atoms with Crippen LogP contribution in [0.1, 0.15) is 22.8 Å². The average molecular weight is 503 g/mol. The number of H-pyrrole nitrogens is 2. The largest absolute Gasteiger partial charge is 0.355 e. The molecule has 9 heteroatoms. The Kier molecular flexibility index (Phi) is 6.08. The van der Waals surface area contributed by atoms with Gasteiger partial charge in [0.25, 0.3) is 10.1 Å². The van der Waals surface area contributed by atoms with E-state index in [1.807, 2.05) is 42.5 Å². The summed E-state index contributed by atoms with van der Waals surface area (Å²) >= 11 is 5.49. The Morgan fingerprint density at radius 1 is 0.600 bits per heavy atom. The minimum Gasteiger partial charge on any atom is -0.355 e. The van der Waals surface area contributed by atoms with E-state index in [1.54, 1.807) is 0 Å². The molecule has 0 atom stereocenters. The lowest BCUT2D eigenvalue weighted by molar-refractivity contribution is 0.483. The second-order valence-electron chi connectivity index (χ2n) is 7.83. The number of rotatable bonds is 1. The third kappa shape index (κ3) is 5.75. The van der Waals surface area contributed by atoms with E-state index in [2.05, 4.69) is 50.3 Å². The Morgan fingerprint density at radius 3 is 1.43 bits per heavy atom. The molecule has 0 spiro atoms. The van der Waals surface area contributed by atoms with Crippen molar-refractivity contribution in [1.29, 1.82) is 0 Å². The topological polar surface area (TPSA) is 112 Å². The quantitative estimate of drug-likeness (QED) is 0.230. The van der Waals surface area contributed by atoms with Crippen molar-refractivity contribution >= 4 is 68.1 Å². The maximum Gasteiger partial charge on any atom is 0.294 e. The molecule has 0 amide bonds. The number of hydrogen-bond acceptors (Lipinski definition) is 4. The molecule has 174 valence electrons. The second-order valence-corrected chi connectivity index (χ2v) is 9.69. The van der Waals surface area contributed by atoms with Gasteiger partial charge in [-0.3, -0.25) is 4.55 Å². The zero-order valence-corrected chi connectivity index (χ0v) is 19.8. The number of nitrogens with one attached hydrogen (secondary N) is 2. The van der Waals surface area contributed by atoms with Crippen molar-refractivity contribution in [3.63, 3.8) is 0 Å². The summed E-state index contributed by atoms with van der Waals surface area (Å²) in [5.41, 5.74) is 7.86. The monoisotopic (exact) mass is 502 g/mol. The van der Waals surface area contributed by atoms with Gasteiger partial charge in [0.15, 0.2) is 0 Å². The van der Waals surface area contributed by atoms with E-state index in [4.69, 9.17) is 16.2 Å². The van der Waals surface area contributed by atoms with E-state index in [0.717, 1.165) is 44.8 Å². The first-order chi connectivity index (χ1) is 16.8. The number of aromatic amines is 2. The predicted octanol–water partition coefficient (Wildman–Crippen LogP) is 6.24. The van der Waals surface area contributed by atoms with Crippen molar-refractivity contribution in [2.45, 2.75) is 4.90 Å². The summed E-state index contributed by atoms with van der Waals surface area (Å²) in [6.07, 6.45) is 8.05. The van der Waals surface area contributed by atoms with E-state index in [0.29, 0.717) is 5.02 Å². The van der Waals surface area contributed by atoms with Crippen molar-refractivity contribution in [2.24, 2.45) is 0 Å². The number of fused-ring (bicyclic) bond motifs is 8. The fraction of sp³-hybridized carbons (Fsp3) is 0. The first kappa shape index (κ1) is 22.8. The fourth-order valence-electron chi connectivity index (χ4n) is 3.55. The number of aromatic nitrogens is 4. The van der Waals surface area contributed by atoms with Crippen LogP contribution in [0.15, 0.2) is 77.7 Å². The van der Waals surface area contributed by atoms with E-state index < -0.39 is 10.1 Å². The molecule has 2 aliphatic heterocycles. The number of halogens is 1. The molecule has 2 aliphatic rings. The van der Waals surface area contributed by atoms with Crippen LogP contribution in [0, 0.1) is 0 Å². The molecular weight excluding hydrogens is 484 g/mol. The molecule has 7 nitrogen and oxygen atoms in total. The van der Waals surface area contributed by atoms with Gasteiger partial charge in [-0.1, -0.05) is 11.6 Å². The van der Waals surface area contributed by atoms with Gasteiger partial charge in [-0.05, 0) is 97.1 Å². The van der Waals surface area contributed by atoms with Gasteiger partial charge in [0.1, 0.15) is 0 Å². The van der Waals surface area contributed by atoms with Crippen LogP contribution in [-0.2, 0) is 10.1 Å². The lowest BCUT2D eigenvalue weighted by atomic mass is 10.3. The van der Waals surface area contributed by atoms with Crippen molar-refractivity contribution < 1.29 is 13.0 Å². The molecule has 3 aromatic heterocycles. The van der Waals surface area contributed by atoms with Crippen LogP contribution in [0.4, 0.5) is 0 Å². The summed E-state index contributed by atoms with van der Waals surface area (Å²) in [7, 11) is -4.08. The van der Waals surface area contributed by atoms with Crippen LogP contribution in [0.25, 0.3) is 46.4 Å². The average Bonchev–Trinajstić information content (AvgIpc) is 3.60. The van der Waals surface area contributed by atoms with Crippen LogP contribution in [0.2, 0.25) is 5.02 Å². The number of nitrogens with zero attached hydrogens (tertiary/aromatic N) is 2. The SMILES string of the molecule is C1=Cc2cc3ccc(cc4ccc(cc5nc(cc1n2)C=C5)[nH]4)[nH]3.O=S(=O)(O)c1ccc(Cl)cc1. The number of benzene rings is 1. The van der Waals surface area contributed by atoms with Gasteiger partial charge >= 0.3 is 0 Å². The van der Waals surface area contributed by atoms with Gasteiger partial charge < -0.3 is 9.97 Å². The Bertz CT molecular complexity index is 1650. The third-order valence-corrected chi connectivity index (χ3v) is 6.27. The third-order valence-electron chi connectivity index (χ3n) is 5.15. The van der Waals surface area contributed by atoms with Gasteiger partial charge in [0.2, 0.25) is 0 Å². The summed E-state index contributed by atoms with van der Waals surface area (Å²) in [5, 5.41) is 0.428. The fourth-order valence-corrected chi connectivity index (χ4v) is 4.16. The standard InChI is InChI=1S/C20H14N4.C6H5ClO3S/c1-2-14-10-16-5-6-18(23-16)12-20-8-7-19(24-20)11-17-4-3-15(22-17)9-13(1)21-14;7-5-1-3-6(4-2-5)11(8,9)10/h1-12,21-22H;1-4H,(H,8,9,10). The van der Waals surface area contributed by atoms with Crippen molar-refractivity contribution in [2.75, 3.05) is 0 Å². The highest BCUT2D eigenvalue weighted by Gasteiger charge is 2.07. The molecule has 3 N–H and O–H groups in total. The molecule has 4 aromatic rings. The molecule has 5 heterocycles. The van der Waals surface area contributed by atoms with Crippen LogP contribution in [-0.4, -0.2) is 32.9 Å². The first-order valence-electron chi connectivity index (χ1n) is 10.6. The summed E-state index contributed by atoms with van der Waals surface area (Å²) in [5.74, 6) is 0.